The Balaban J connectivity index is 2.23. The topological polar surface area (TPSA) is 79.8 Å². The molecule has 0 aliphatic carbocycles. The highest BCUT2D eigenvalue weighted by atomic mass is 79.9. The molecule has 2 aromatic carbocycles. The second-order valence-electron chi connectivity index (χ2n) is 4.59. The summed E-state index contributed by atoms with van der Waals surface area (Å²) in [7, 11) is 0. The Morgan fingerprint density at radius 1 is 1.23 bits per heavy atom. The number of rotatable bonds is 5. The van der Waals surface area contributed by atoms with Crippen LogP contribution in [0.15, 0.2) is 63.2 Å². The zero-order chi connectivity index (χ0) is 15.9. The van der Waals surface area contributed by atoms with Crippen molar-refractivity contribution in [2.24, 2.45) is 16.0 Å². The summed E-state index contributed by atoms with van der Waals surface area (Å²) in [6.07, 6.45) is 1.23. The van der Waals surface area contributed by atoms with E-state index in [1.165, 1.54) is 6.21 Å². The van der Waals surface area contributed by atoms with Crippen molar-refractivity contribution in [2.45, 2.75) is 6.92 Å². The monoisotopic (exact) mass is 358 g/mol. The summed E-state index contributed by atoms with van der Waals surface area (Å²) in [5, 5.41) is 7.50. The number of aryl methyl sites for hydroxylation is 1. The summed E-state index contributed by atoms with van der Waals surface area (Å²) in [6, 6.07) is 14.7. The number of hydrazone groups is 2. The van der Waals surface area contributed by atoms with Gasteiger partial charge in [-0.15, -0.1) is 0 Å². The first-order valence-corrected chi connectivity index (χ1v) is 7.33. The van der Waals surface area contributed by atoms with Crippen LogP contribution in [0.2, 0.25) is 0 Å². The molecule has 0 saturated carbocycles. The lowest BCUT2D eigenvalue weighted by atomic mass is 10.1. The van der Waals surface area contributed by atoms with E-state index in [2.05, 4.69) is 31.6 Å². The van der Waals surface area contributed by atoms with Crippen LogP contribution in [0.1, 0.15) is 15.9 Å². The minimum atomic E-state index is -0.262. The van der Waals surface area contributed by atoms with Gasteiger partial charge in [0, 0.05) is 10.0 Å². The predicted octanol–water partition coefficient (Wildman–Crippen LogP) is 3.35. The average Bonchev–Trinajstić information content (AvgIpc) is 2.51. The van der Waals surface area contributed by atoms with Crippen LogP contribution in [-0.2, 0) is 0 Å². The van der Waals surface area contributed by atoms with Crippen molar-refractivity contribution in [2.75, 3.05) is 5.43 Å². The summed E-state index contributed by atoms with van der Waals surface area (Å²) in [6.45, 7) is 1.98. The molecule has 5 nitrogen and oxygen atoms in total. The number of benzene rings is 2. The molecule has 0 atom stereocenters. The van der Waals surface area contributed by atoms with Crippen LogP contribution in [0.3, 0.4) is 0 Å². The molecule has 0 aromatic heterocycles. The van der Waals surface area contributed by atoms with Gasteiger partial charge in [0.05, 0.1) is 11.9 Å². The van der Waals surface area contributed by atoms with Crippen molar-refractivity contribution in [3.8, 4) is 0 Å². The highest BCUT2D eigenvalue weighted by molar-refractivity contribution is 9.10. The average molecular weight is 359 g/mol. The van der Waals surface area contributed by atoms with E-state index in [0.29, 0.717) is 5.56 Å². The quantitative estimate of drug-likeness (QED) is 0.372. The third kappa shape index (κ3) is 4.26. The first kappa shape index (κ1) is 15.9. The molecule has 0 aliphatic heterocycles. The van der Waals surface area contributed by atoms with Gasteiger partial charge in [-0.3, -0.25) is 10.2 Å². The number of ketones is 1. The van der Waals surface area contributed by atoms with E-state index in [0.717, 1.165) is 15.7 Å². The second-order valence-corrected chi connectivity index (χ2v) is 5.51. The number of nitrogens with one attached hydrogen (secondary N) is 1. The van der Waals surface area contributed by atoms with Crippen molar-refractivity contribution in [1.82, 2.24) is 0 Å². The van der Waals surface area contributed by atoms with Gasteiger partial charge in [-0.1, -0.05) is 28.1 Å². The molecular formula is C16H15BrN4O. The van der Waals surface area contributed by atoms with Crippen LogP contribution in [0.4, 0.5) is 5.69 Å². The molecule has 6 heteroatoms. The van der Waals surface area contributed by atoms with Crippen molar-refractivity contribution in [1.29, 1.82) is 0 Å². The Morgan fingerprint density at radius 2 is 1.95 bits per heavy atom. The van der Waals surface area contributed by atoms with Gasteiger partial charge in [-0.05, 0) is 48.9 Å². The minimum Gasteiger partial charge on any atom is -0.323 e. The van der Waals surface area contributed by atoms with E-state index in [1.54, 1.807) is 24.3 Å². The van der Waals surface area contributed by atoms with Crippen LogP contribution in [0.25, 0.3) is 0 Å². The minimum absolute atomic E-state index is 0.131. The summed E-state index contributed by atoms with van der Waals surface area (Å²) in [5.41, 5.74) is 5.36. The predicted molar refractivity (Wildman–Crippen MR) is 93.4 cm³/mol. The molecule has 0 radical (unpaired) electrons. The molecule has 0 amide bonds. The summed E-state index contributed by atoms with van der Waals surface area (Å²) in [4.78, 5) is 12.4. The standard InChI is InChI=1S/C16H15BrN4O/c1-11-3-2-4-14(9-11)20-21-15(10-19-18)16(22)12-5-7-13(17)8-6-12/h2-10,20H,18H2,1H3/b19-10-,21-15-. The molecule has 2 aromatic rings. The van der Waals surface area contributed by atoms with E-state index in [4.69, 9.17) is 5.84 Å². The SMILES string of the molecule is Cc1cccc(N/N=C(/C=N\N)C(=O)c2ccc(Br)cc2)c1. The van der Waals surface area contributed by atoms with E-state index < -0.39 is 0 Å². The fourth-order valence-electron chi connectivity index (χ4n) is 1.80. The third-order valence-corrected chi connectivity index (χ3v) is 3.39. The van der Waals surface area contributed by atoms with Crippen LogP contribution in [-0.4, -0.2) is 17.7 Å². The van der Waals surface area contributed by atoms with Crippen LogP contribution in [0, 0.1) is 6.92 Å². The second kappa shape index (κ2) is 7.51. The Hall–Kier alpha value is -2.47. The highest BCUT2D eigenvalue weighted by Gasteiger charge is 2.12. The molecule has 112 valence electrons. The fourth-order valence-corrected chi connectivity index (χ4v) is 2.06. The van der Waals surface area contributed by atoms with Gasteiger partial charge in [0.1, 0.15) is 0 Å². The molecule has 22 heavy (non-hydrogen) atoms. The number of hydrogen-bond donors (Lipinski definition) is 2. The summed E-state index contributed by atoms with van der Waals surface area (Å²) < 4.78 is 0.896. The van der Waals surface area contributed by atoms with Gasteiger partial charge in [0.2, 0.25) is 5.78 Å². The molecule has 0 fully saturated rings. The molecule has 0 aliphatic rings. The lowest BCUT2D eigenvalue weighted by Gasteiger charge is -2.04. The Bertz CT molecular complexity index is 723. The zero-order valence-corrected chi connectivity index (χ0v) is 13.5. The number of anilines is 1. The molecular weight excluding hydrogens is 344 g/mol. The number of Topliss-reactive ketones (excluding diaryl/α,β-unsaturated/α-hetero) is 1. The van der Waals surface area contributed by atoms with E-state index in [1.807, 2.05) is 31.2 Å². The Morgan fingerprint density at radius 3 is 2.59 bits per heavy atom. The maximum Gasteiger partial charge on any atom is 0.214 e. The molecule has 0 saturated heterocycles. The molecule has 0 unspecified atom stereocenters. The summed E-state index contributed by atoms with van der Waals surface area (Å²) in [5.74, 6) is 4.90. The van der Waals surface area contributed by atoms with Crippen molar-refractivity contribution in [3.05, 3.63) is 64.1 Å². The van der Waals surface area contributed by atoms with E-state index in [9.17, 15) is 4.79 Å². The molecule has 0 bridgehead atoms. The maximum absolute atomic E-state index is 12.4. The normalized spacial score (nSPS) is 11.6. The van der Waals surface area contributed by atoms with Crippen LogP contribution < -0.4 is 11.3 Å². The molecule has 3 N–H and O–H groups in total. The first-order chi connectivity index (χ1) is 10.6. The van der Waals surface area contributed by atoms with Crippen LogP contribution >= 0.6 is 15.9 Å². The van der Waals surface area contributed by atoms with E-state index in [-0.39, 0.29) is 11.5 Å². The molecule has 0 heterocycles. The number of carbonyl (C=O) groups excluding carboxylic acids is 1. The Labute approximate surface area is 137 Å². The molecule has 2 rings (SSSR count). The maximum atomic E-state index is 12.4. The number of nitrogens with two attached hydrogens (primary N) is 1. The van der Waals surface area contributed by atoms with Gasteiger partial charge in [-0.2, -0.15) is 10.2 Å². The van der Waals surface area contributed by atoms with E-state index >= 15 is 0 Å². The zero-order valence-electron chi connectivity index (χ0n) is 12.0. The van der Waals surface area contributed by atoms with Crippen molar-refractivity contribution in [3.63, 3.8) is 0 Å². The fraction of sp³-hybridized carbons (Fsp3) is 0.0625. The smallest absolute Gasteiger partial charge is 0.214 e. The highest BCUT2D eigenvalue weighted by Crippen LogP contribution is 2.12. The van der Waals surface area contributed by atoms with Crippen molar-refractivity contribution >= 4 is 39.3 Å². The van der Waals surface area contributed by atoms with Gasteiger partial charge in [0.15, 0.2) is 5.71 Å². The van der Waals surface area contributed by atoms with Gasteiger partial charge in [0.25, 0.3) is 0 Å². The van der Waals surface area contributed by atoms with Gasteiger partial charge in [-0.25, -0.2) is 0 Å². The van der Waals surface area contributed by atoms with Gasteiger partial charge >= 0.3 is 0 Å². The largest absolute Gasteiger partial charge is 0.323 e. The third-order valence-electron chi connectivity index (χ3n) is 2.86. The lowest BCUT2D eigenvalue weighted by Crippen LogP contribution is -2.18. The summed E-state index contributed by atoms with van der Waals surface area (Å²) >= 11 is 3.33. The number of nitrogens with zero attached hydrogens (tertiary/aromatic N) is 2. The number of carbonyl (C=O) groups is 1. The lowest BCUT2D eigenvalue weighted by molar-refractivity contribution is 0.106. The number of hydrogen-bond acceptors (Lipinski definition) is 5. The Kier molecular flexibility index (Phi) is 5.43. The van der Waals surface area contributed by atoms with Crippen LogP contribution in [0.5, 0.6) is 0 Å². The van der Waals surface area contributed by atoms with Gasteiger partial charge < -0.3 is 5.84 Å². The number of halogens is 1. The first-order valence-electron chi connectivity index (χ1n) is 6.54. The van der Waals surface area contributed by atoms with Crippen molar-refractivity contribution < 1.29 is 4.79 Å². The molecule has 0 spiro atoms.